The zero-order valence-electron chi connectivity index (χ0n) is 16.9. The molecule has 0 N–H and O–H groups in total. The van der Waals surface area contributed by atoms with Gasteiger partial charge in [0.2, 0.25) is 5.16 Å². The van der Waals surface area contributed by atoms with Gasteiger partial charge in [-0.15, -0.1) is 10.2 Å². The van der Waals surface area contributed by atoms with E-state index in [1.807, 2.05) is 48.5 Å². The maximum atomic E-state index is 6.13. The molecule has 0 radical (unpaired) electrons. The van der Waals surface area contributed by atoms with Gasteiger partial charge in [0, 0.05) is 5.75 Å². The smallest absolute Gasteiger partial charge is 0.209 e. The third kappa shape index (κ3) is 4.49. The van der Waals surface area contributed by atoms with E-state index in [1.54, 1.807) is 6.07 Å². The Bertz CT molecular complexity index is 1390. The van der Waals surface area contributed by atoms with Crippen molar-refractivity contribution in [2.75, 3.05) is 0 Å². The number of benzene rings is 4. The molecule has 0 spiro atoms. The van der Waals surface area contributed by atoms with Crippen LogP contribution < -0.4 is 0 Å². The fourth-order valence-electron chi connectivity index (χ4n) is 3.52. The Labute approximate surface area is 200 Å². The molecular weight excluding hydrogens is 457 g/mol. The number of nitrogens with zero attached hydrogens (tertiary/aromatic N) is 3. The highest BCUT2D eigenvalue weighted by Crippen LogP contribution is 2.35. The van der Waals surface area contributed by atoms with Crippen LogP contribution in [0.5, 0.6) is 0 Å². The lowest BCUT2D eigenvalue weighted by molar-refractivity contribution is 0.880. The van der Waals surface area contributed by atoms with Gasteiger partial charge in [-0.25, -0.2) is 4.98 Å². The molecule has 3 nitrogen and oxygen atoms in total. The minimum absolute atomic E-state index is 0.545. The maximum Gasteiger partial charge on any atom is 0.209 e. The van der Waals surface area contributed by atoms with Crippen molar-refractivity contribution in [3.8, 4) is 22.3 Å². The van der Waals surface area contributed by atoms with Crippen LogP contribution in [0.2, 0.25) is 10.0 Å². The lowest BCUT2D eigenvalue weighted by Gasteiger charge is -2.12. The average Bonchev–Trinajstić information content (AvgIpc) is 2.85. The van der Waals surface area contributed by atoms with Gasteiger partial charge in [0.25, 0.3) is 0 Å². The average molecular weight is 474 g/mol. The van der Waals surface area contributed by atoms with Gasteiger partial charge in [0.1, 0.15) is 5.52 Å². The van der Waals surface area contributed by atoms with E-state index in [4.69, 9.17) is 28.2 Å². The van der Waals surface area contributed by atoms with E-state index in [-0.39, 0.29) is 0 Å². The highest BCUT2D eigenvalue weighted by molar-refractivity contribution is 7.98. The number of thioether (sulfide) groups is 1. The number of hydrogen-bond acceptors (Lipinski definition) is 4. The Morgan fingerprint density at radius 3 is 1.88 bits per heavy atom. The van der Waals surface area contributed by atoms with Gasteiger partial charge in [-0.2, -0.15) is 0 Å². The van der Waals surface area contributed by atoms with Crippen LogP contribution in [0, 0.1) is 0 Å². The topological polar surface area (TPSA) is 38.7 Å². The van der Waals surface area contributed by atoms with Crippen molar-refractivity contribution < 1.29 is 0 Å². The summed E-state index contributed by atoms with van der Waals surface area (Å²) in [7, 11) is 0. The SMILES string of the molecule is Clc1ccc(CSc2nnc3cc(-c4ccccc4)c(-c4ccccc4)cc3n2)cc1Cl. The van der Waals surface area contributed by atoms with Crippen LogP contribution in [0.15, 0.2) is 96.2 Å². The fraction of sp³-hybridized carbons (Fsp3) is 0.0385. The molecule has 156 valence electrons. The van der Waals surface area contributed by atoms with Gasteiger partial charge in [-0.05, 0) is 52.1 Å². The summed E-state index contributed by atoms with van der Waals surface area (Å²) < 4.78 is 0. The van der Waals surface area contributed by atoms with Crippen LogP contribution in [-0.2, 0) is 5.75 Å². The van der Waals surface area contributed by atoms with Gasteiger partial charge in [-0.1, -0.05) is 102 Å². The second kappa shape index (κ2) is 9.29. The van der Waals surface area contributed by atoms with Gasteiger partial charge in [-0.3, -0.25) is 0 Å². The largest absolute Gasteiger partial charge is 0.219 e. The summed E-state index contributed by atoms with van der Waals surface area (Å²) >= 11 is 13.7. The fourth-order valence-corrected chi connectivity index (χ4v) is 4.58. The molecule has 0 bridgehead atoms. The van der Waals surface area contributed by atoms with Crippen LogP contribution in [0.4, 0.5) is 0 Å². The summed E-state index contributed by atoms with van der Waals surface area (Å²) in [6.45, 7) is 0. The van der Waals surface area contributed by atoms with Crippen molar-refractivity contribution in [2.24, 2.45) is 0 Å². The van der Waals surface area contributed by atoms with Crippen LogP contribution in [-0.4, -0.2) is 15.2 Å². The predicted octanol–water partition coefficient (Wildman–Crippen LogP) is 7.96. The Kier molecular flexibility index (Phi) is 6.08. The van der Waals surface area contributed by atoms with Crippen LogP contribution in [0.25, 0.3) is 33.3 Å². The van der Waals surface area contributed by atoms with Crippen molar-refractivity contribution in [1.29, 1.82) is 0 Å². The quantitative estimate of drug-likeness (QED) is 0.242. The highest BCUT2D eigenvalue weighted by Gasteiger charge is 2.12. The molecule has 0 unspecified atom stereocenters. The van der Waals surface area contributed by atoms with Gasteiger partial charge < -0.3 is 0 Å². The zero-order valence-corrected chi connectivity index (χ0v) is 19.2. The third-order valence-corrected chi connectivity index (χ3v) is 6.74. The number of rotatable bonds is 5. The van der Waals surface area contributed by atoms with E-state index in [0.29, 0.717) is 21.0 Å². The van der Waals surface area contributed by atoms with Crippen LogP contribution >= 0.6 is 35.0 Å². The molecule has 4 aromatic carbocycles. The van der Waals surface area contributed by atoms with Crippen molar-refractivity contribution >= 4 is 46.0 Å². The van der Waals surface area contributed by atoms with E-state index >= 15 is 0 Å². The molecule has 0 aliphatic heterocycles. The molecule has 5 aromatic rings. The second-order valence-corrected chi connectivity index (χ2v) is 9.01. The molecule has 0 amide bonds. The minimum atomic E-state index is 0.545. The van der Waals surface area contributed by atoms with E-state index in [1.165, 1.54) is 11.8 Å². The zero-order chi connectivity index (χ0) is 21.9. The summed E-state index contributed by atoms with van der Waals surface area (Å²) in [4.78, 5) is 4.78. The molecule has 0 aliphatic rings. The first-order valence-electron chi connectivity index (χ1n) is 10.0. The molecule has 1 aromatic heterocycles. The Morgan fingerprint density at radius 2 is 1.25 bits per heavy atom. The van der Waals surface area contributed by atoms with Gasteiger partial charge in [0.15, 0.2) is 0 Å². The molecule has 0 saturated heterocycles. The predicted molar refractivity (Wildman–Crippen MR) is 134 cm³/mol. The first-order chi connectivity index (χ1) is 15.7. The normalized spacial score (nSPS) is 11.1. The molecule has 0 aliphatic carbocycles. The molecule has 1 heterocycles. The molecule has 5 rings (SSSR count). The van der Waals surface area contributed by atoms with Crippen molar-refractivity contribution in [3.05, 3.63) is 107 Å². The third-order valence-electron chi connectivity index (χ3n) is 5.10. The first kappa shape index (κ1) is 21.0. The molecule has 6 heteroatoms. The maximum absolute atomic E-state index is 6.13. The van der Waals surface area contributed by atoms with Crippen LogP contribution in [0.3, 0.4) is 0 Å². The Balaban J connectivity index is 1.53. The standard InChI is InChI=1S/C26H17Cl2N3S/c27-22-12-11-17(13-23(22)28)16-32-26-29-24-14-20(18-7-3-1-4-8-18)21(15-25(24)30-31-26)19-9-5-2-6-10-19/h1-15H,16H2. The number of halogens is 2. The number of aromatic nitrogens is 3. The van der Waals surface area contributed by atoms with E-state index < -0.39 is 0 Å². The second-order valence-electron chi connectivity index (χ2n) is 7.25. The Hall–Kier alpha value is -2.92. The van der Waals surface area contributed by atoms with E-state index in [0.717, 1.165) is 38.9 Å². The van der Waals surface area contributed by atoms with Gasteiger partial charge in [0.05, 0.1) is 15.6 Å². The molecule has 0 atom stereocenters. The lowest BCUT2D eigenvalue weighted by Crippen LogP contribution is -1.95. The molecule has 32 heavy (non-hydrogen) atoms. The van der Waals surface area contributed by atoms with Crippen LogP contribution in [0.1, 0.15) is 5.56 Å². The van der Waals surface area contributed by atoms with E-state index in [9.17, 15) is 0 Å². The molecule has 0 saturated carbocycles. The molecule has 0 fully saturated rings. The number of hydrogen-bond donors (Lipinski definition) is 0. The summed E-state index contributed by atoms with van der Waals surface area (Å²) in [5, 5.41) is 10.5. The summed E-state index contributed by atoms with van der Waals surface area (Å²) in [6, 6.07) is 30.5. The summed E-state index contributed by atoms with van der Waals surface area (Å²) in [5.41, 5.74) is 7.13. The summed E-state index contributed by atoms with van der Waals surface area (Å²) in [5.74, 6) is 0.678. The van der Waals surface area contributed by atoms with Crippen molar-refractivity contribution in [2.45, 2.75) is 10.9 Å². The first-order valence-corrected chi connectivity index (χ1v) is 11.8. The highest BCUT2D eigenvalue weighted by atomic mass is 35.5. The van der Waals surface area contributed by atoms with Crippen molar-refractivity contribution in [3.63, 3.8) is 0 Å². The lowest BCUT2D eigenvalue weighted by atomic mass is 9.94. The van der Waals surface area contributed by atoms with Gasteiger partial charge >= 0.3 is 0 Å². The minimum Gasteiger partial charge on any atom is -0.219 e. The number of fused-ring (bicyclic) bond motifs is 1. The van der Waals surface area contributed by atoms with E-state index in [2.05, 4.69) is 46.6 Å². The summed E-state index contributed by atoms with van der Waals surface area (Å²) in [6.07, 6.45) is 0. The Morgan fingerprint density at radius 1 is 0.625 bits per heavy atom. The van der Waals surface area contributed by atoms with Crippen molar-refractivity contribution in [1.82, 2.24) is 15.2 Å². The molecular formula is C26H17Cl2N3S. The monoisotopic (exact) mass is 473 g/mol.